The summed E-state index contributed by atoms with van der Waals surface area (Å²) < 4.78 is 0. The quantitative estimate of drug-likeness (QED) is 0.300. The minimum atomic E-state index is 1.17. The van der Waals surface area contributed by atoms with E-state index < -0.39 is 0 Å². The van der Waals surface area contributed by atoms with Gasteiger partial charge >= 0.3 is 0 Å². The zero-order chi connectivity index (χ0) is 21.8. The van der Waals surface area contributed by atoms with Gasteiger partial charge in [0.05, 0.1) is 0 Å². The molecule has 0 fully saturated rings. The molecule has 1 heteroatoms. The second-order valence-corrected chi connectivity index (χ2v) is 10.3. The Hall–Kier alpha value is -1.34. The van der Waals surface area contributed by atoms with E-state index in [0.717, 1.165) is 0 Å². The third-order valence-corrected chi connectivity index (χ3v) is 6.92. The van der Waals surface area contributed by atoms with Gasteiger partial charge in [-0.15, -0.1) is 11.3 Å². The third kappa shape index (κ3) is 10.8. The Morgan fingerprint density at radius 3 is 1.48 bits per heavy atom. The number of rotatable bonds is 12. The van der Waals surface area contributed by atoms with Crippen molar-refractivity contribution < 1.29 is 0 Å². The molecule has 0 saturated carbocycles. The van der Waals surface area contributed by atoms with E-state index in [-0.39, 0.29) is 0 Å². The minimum absolute atomic E-state index is 1.17. The van der Waals surface area contributed by atoms with E-state index in [0.29, 0.717) is 0 Å². The first-order valence-electron chi connectivity index (χ1n) is 11.4. The van der Waals surface area contributed by atoms with Gasteiger partial charge in [-0.2, -0.15) is 0 Å². The molecular weight excluding hydrogens is 368 g/mol. The van der Waals surface area contributed by atoms with E-state index in [1.807, 2.05) is 11.3 Å². The molecule has 29 heavy (non-hydrogen) atoms. The summed E-state index contributed by atoms with van der Waals surface area (Å²) in [7, 11) is 0. The Balaban J connectivity index is 2.30. The smallest absolute Gasteiger partial charge is 0.00518 e. The zero-order valence-corrected chi connectivity index (χ0v) is 21.2. The Morgan fingerprint density at radius 2 is 1.07 bits per heavy atom. The molecular formula is C28H44S. The van der Waals surface area contributed by atoms with Gasteiger partial charge in [0.1, 0.15) is 0 Å². The second-order valence-electron chi connectivity index (χ2n) is 8.91. The number of allylic oxidation sites excluding steroid dienone is 8. The van der Waals surface area contributed by atoms with Crippen LogP contribution in [0.25, 0.3) is 0 Å². The number of hydrogen-bond acceptors (Lipinski definition) is 1. The lowest BCUT2D eigenvalue weighted by Gasteiger charge is -2.04. The van der Waals surface area contributed by atoms with Crippen LogP contribution in [0.5, 0.6) is 0 Å². The predicted molar refractivity (Wildman–Crippen MR) is 135 cm³/mol. The SMILES string of the molecule is CC(C)=CCC/C(C)=C/CC/C(C)=C/CC/C(C)=C/CCc1c(C)sc(C)c1C. The summed E-state index contributed by atoms with van der Waals surface area (Å²) in [6, 6.07) is 0. The summed E-state index contributed by atoms with van der Waals surface area (Å²) in [6.07, 6.45) is 19.1. The summed E-state index contributed by atoms with van der Waals surface area (Å²) >= 11 is 1.95. The van der Waals surface area contributed by atoms with E-state index in [4.69, 9.17) is 0 Å². The van der Waals surface area contributed by atoms with Crippen molar-refractivity contribution in [3.05, 3.63) is 67.5 Å². The molecule has 0 spiro atoms. The molecule has 0 atom stereocenters. The summed E-state index contributed by atoms with van der Waals surface area (Å²) in [5.41, 5.74) is 9.11. The molecule has 0 N–H and O–H groups in total. The van der Waals surface area contributed by atoms with Gasteiger partial charge in [0.2, 0.25) is 0 Å². The topological polar surface area (TPSA) is 0 Å². The van der Waals surface area contributed by atoms with Crippen LogP contribution in [0.2, 0.25) is 0 Å². The van der Waals surface area contributed by atoms with Gasteiger partial charge in [-0.1, -0.05) is 46.6 Å². The molecule has 162 valence electrons. The molecule has 0 radical (unpaired) electrons. The highest BCUT2D eigenvalue weighted by Crippen LogP contribution is 2.27. The van der Waals surface area contributed by atoms with E-state index in [2.05, 4.69) is 79.7 Å². The maximum atomic E-state index is 2.45. The van der Waals surface area contributed by atoms with Crippen molar-refractivity contribution in [2.24, 2.45) is 0 Å². The minimum Gasteiger partial charge on any atom is -0.145 e. The molecule has 0 saturated heterocycles. The monoisotopic (exact) mass is 412 g/mol. The maximum Gasteiger partial charge on any atom is 0.00518 e. The first-order valence-corrected chi connectivity index (χ1v) is 12.2. The van der Waals surface area contributed by atoms with Crippen molar-refractivity contribution in [1.29, 1.82) is 0 Å². The van der Waals surface area contributed by atoms with Crippen LogP contribution in [0.3, 0.4) is 0 Å². The number of hydrogen-bond donors (Lipinski definition) is 0. The van der Waals surface area contributed by atoms with Crippen molar-refractivity contribution in [3.63, 3.8) is 0 Å². The van der Waals surface area contributed by atoms with Crippen LogP contribution in [-0.2, 0) is 6.42 Å². The lowest BCUT2D eigenvalue weighted by atomic mass is 10.0. The lowest BCUT2D eigenvalue weighted by molar-refractivity contribution is 0.892. The maximum absolute atomic E-state index is 2.45. The molecule has 0 amide bonds. The molecule has 0 aliphatic rings. The fraction of sp³-hybridized carbons (Fsp3) is 0.571. The van der Waals surface area contributed by atoms with Crippen LogP contribution < -0.4 is 0 Å². The highest BCUT2D eigenvalue weighted by Gasteiger charge is 2.07. The molecule has 1 rings (SSSR count). The van der Waals surface area contributed by atoms with Gasteiger partial charge in [-0.25, -0.2) is 0 Å². The van der Waals surface area contributed by atoms with Gasteiger partial charge in [0.25, 0.3) is 0 Å². The van der Waals surface area contributed by atoms with Gasteiger partial charge in [-0.05, 0) is 118 Å². The van der Waals surface area contributed by atoms with E-state index in [9.17, 15) is 0 Å². The average Bonchev–Trinajstić information content (AvgIpc) is 2.87. The molecule has 1 aromatic heterocycles. The average molecular weight is 413 g/mol. The van der Waals surface area contributed by atoms with E-state index in [1.165, 1.54) is 89.0 Å². The zero-order valence-electron chi connectivity index (χ0n) is 20.4. The molecule has 0 aliphatic heterocycles. The molecule has 0 aromatic carbocycles. The second kappa shape index (κ2) is 13.8. The Bertz CT molecular complexity index is 746. The van der Waals surface area contributed by atoms with Gasteiger partial charge in [0.15, 0.2) is 0 Å². The van der Waals surface area contributed by atoms with Gasteiger partial charge in [0, 0.05) is 9.75 Å². The fourth-order valence-electron chi connectivity index (χ4n) is 3.66. The Morgan fingerprint density at radius 1 is 0.621 bits per heavy atom. The van der Waals surface area contributed by atoms with E-state index >= 15 is 0 Å². The van der Waals surface area contributed by atoms with Crippen LogP contribution in [0.1, 0.15) is 100 Å². The van der Waals surface area contributed by atoms with Crippen LogP contribution in [0.15, 0.2) is 46.6 Å². The molecule has 1 heterocycles. The third-order valence-electron chi connectivity index (χ3n) is 5.75. The summed E-state index contributed by atoms with van der Waals surface area (Å²) in [5.74, 6) is 0. The summed E-state index contributed by atoms with van der Waals surface area (Å²) in [4.78, 5) is 2.99. The largest absolute Gasteiger partial charge is 0.145 e. The standard InChI is InChI=1S/C28H44S/c1-21(2)13-9-14-22(3)15-10-16-23(4)17-11-18-24(5)19-12-20-28-25(6)26(7)29-27(28)8/h13,15,17,19H,9-12,14,16,18,20H2,1-8H3/b22-15+,23-17+,24-19+. The molecule has 0 unspecified atom stereocenters. The van der Waals surface area contributed by atoms with E-state index in [1.54, 1.807) is 5.56 Å². The van der Waals surface area contributed by atoms with Crippen LogP contribution >= 0.6 is 11.3 Å². The fourth-order valence-corrected chi connectivity index (χ4v) is 4.77. The Labute approximate surface area is 185 Å². The van der Waals surface area contributed by atoms with Crippen molar-refractivity contribution in [3.8, 4) is 0 Å². The first kappa shape index (κ1) is 25.7. The van der Waals surface area contributed by atoms with Crippen LogP contribution in [0, 0.1) is 20.8 Å². The van der Waals surface area contributed by atoms with Crippen molar-refractivity contribution in [2.75, 3.05) is 0 Å². The number of thiophene rings is 1. The number of aryl methyl sites for hydroxylation is 2. The normalized spacial score (nSPS) is 13.2. The molecule has 0 nitrogen and oxygen atoms in total. The van der Waals surface area contributed by atoms with Crippen LogP contribution in [-0.4, -0.2) is 0 Å². The van der Waals surface area contributed by atoms with Crippen molar-refractivity contribution in [1.82, 2.24) is 0 Å². The molecule has 0 aliphatic carbocycles. The van der Waals surface area contributed by atoms with Crippen LogP contribution in [0.4, 0.5) is 0 Å². The highest BCUT2D eigenvalue weighted by molar-refractivity contribution is 7.12. The highest BCUT2D eigenvalue weighted by atomic mass is 32.1. The molecule has 1 aromatic rings. The van der Waals surface area contributed by atoms with Crippen molar-refractivity contribution >= 4 is 11.3 Å². The summed E-state index contributed by atoms with van der Waals surface area (Å²) in [6.45, 7) is 18.0. The van der Waals surface area contributed by atoms with Gasteiger partial charge in [-0.3, -0.25) is 0 Å². The van der Waals surface area contributed by atoms with Gasteiger partial charge < -0.3 is 0 Å². The molecule has 0 bridgehead atoms. The lowest BCUT2D eigenvalue weighted by Crippen LogP contribution is -1.88. The predicted octanol–water partition coefficient (Wildman–Crippen LogP) is 9.75. The summed E-state index contributed by atoms with van der Waals surface area (Å²) in [5, 5.41) is 0. The first-order chi connectivity index (χ1) is 13.7. The van der Waals surface area contributed by atoms with Crippen molar-refractivity contribution in [2.45, 2.75) is 107 Å². The Kier molecular flexibility index (Phi) is 12.2.